The van der Waals surface area contributed by atoms with Gasteiger partial charge in [0.25, 0.3) is 5.91 Å². The van der Waals surface area contributed by atoms with Crippen LogP contribution in [0.15, 0.2) is 24.3 Å². The lowest BCUT2D eigenvalue weighted by Gasteiger charge is -2.26. The Morgan fingerprint density at radius 3 is 2.68 bits per heavy atom. The third kappa shape index (κ3) is 5.00. The van der Waals surface area contributed by atoms with Crippen molar-refractivity contribution in [3.8, 4) is 5.75 Å². The van der Waals surface area contributed by atoms with Gasteiger partial charge in [-0.1, -0.05) is 26.0 Å². The number of amides is 1. The van der Waals surface area contributed by atoms with Gasteiger partial charge in [-0.05, 0) is 30.8 Å². The Balaban J connectivity index is 1.85. The largest absolute Gasteiger partial charge is 0.484 e. The molecule has 22 heavy (non-hydrogen) atoms. The molecule has 1 saturated heterocycles. The first-order valence-corrected chi connectivity index (χ1v) is 8.02. The highest BCUT2D eigenvalue weighted by Gasteiger charge is 2.17. The second-order valence-electron chi connectivity index (χ2n) is 5.39. The number of carbonyl (C=O) groups is 1. The second-order valence-corrected chi connectivity index (χ2v) is 5.39. The van der Waals surface area contributed by atoms with Crippen LogP contribution in [0.4, 0.5) is 0 Å². The van der Waals surface area contributed by atoms with E-state index in [0.29, 0.717) is 26.3 Å². The van der Waals surface area contributed by atoms with Crippen molar-refractivity contribution in [2.45, 2.75) is 20.4 Å². The highest BCUT2D eigenvalue weighted by molar-refractivity contribution is 5.77. The zero-order valence-electron chi connectivity index (χ0n) is 13.6. The summed E-state index contributed by atoms with van der Waals surface area (Å²) in [7, 11) is 0. The first-order valence-electron chi connectivity index (χ1n) is 8.02. The van der Waals surface area contributed by atoms with E-state index >= 15 is 0 Å². The second kappa shape index (κ2) is 8.76. The molecule has 0 radical (unpaired) electrons. The van der Waals surface area contributed by atoms with Crippen molar-refractivity contribution in [3.05, 3.63) is 29.8 Å². The van der Waals surface area contributed by atoms with Crippen LogP contribution in [0.3, 0.4) is 0 Å². The third-order valence-electron chi connectivity index (χ3n) is 3.93. The third-order valence-corrected chi connectivity index (χ3v) is 3.93. The van der Waals surface area contributed by atoms with Gasteiger partial charge in [0.15, 0.2) is 6.61 Å². The van der Waals surface area contributed by atoms with E-state index in [-0.39, 0.29) is 12.5 Å². The molecule has 122 valence electrons. The Hall–Kier alpha value is -1.59. The van der Waals surface area contributed by atoms with E-state index < -0.39 is 0 Å². The molecule has 1 aliphatic heterocycles. The molecule has 0 spiro atoms. The Bertz CT molecular complexity index is 469. The fourth-order valence-corrected chi connectivity index (χ4v) is 2.49. The number of carbonyl (C=O) groups excluding carboxylic acids is 1. The summed E-state index contributed by atoms with van der Waals surface area (Å²) in [4.78, 5) is 16.2. The van der Waals surface area contributed by atoms with Crippen LogP contribution >= 0.6 is 0 Å². The number of rotatable bonds is 7. The van der Waals surface area contributed by atoms with Gasteiger partial charge in [0.2, 0.25) is 0 Å². The Morgan fingerprint density at radius 2 is 2.00 bits per heavy atom. The molecule has 5 nitrogen and oxygen atoms in total. The molecule has 1 aliphatic rings. The summed E-state index contributed by atoms with van der Waals surface area (Å²) in [5.74, 6) is 0.781. The van der Waals surface area contributed by atoms with E-state index in [0.717, 1.165) is 25.4 Å². The summed E-state index contributed by atoms with van der Waals surface area (Å²) in [6.45, 7) is 9.91. The van der Waals surface area contributed by atoms with Gasteiger partial charge in [-0.15, -0.1) is 0 Å². The number of hydrogen-bond donors (Lipinski definition) is 0. The molecule has 1 aromatic carbocycles. The van der Waals surface area contributed by atoms with Crippen LogP contribution in [0.1, 0.15) is 19.4 Å². The molecule has 0 N–H and O–H groups in total. The van der Waals surface area contributed by atoms with Gasteiger partial charge in [-0.3, -0.25) is 9.69 Å². The lowest BCUT2D eigenvalue weighted by molar-refractivity contribution is -0.137. The number of morpholine rings is 1. The summed E-state index contributed by atoms with van der Waals surface area (Å²) < 4.78 is 10.9. The van der Waals surface area contributed by atoms with Crippen LogP contribution in [0.25, 0.3) is 0 Å². The predicted octanol–water partition coefficient (Wildman–Crippen LogP) is 1.77. The summed E-state index contributed by atoms with van der Waals surface area (Å²) >= 11 is 0. The first kappa shape index (κ1) is 16.8. The number of hydrogen-bond acceptors (Lipinski definition) is 4. The maximum absolute atomic E-state index is 12.1. The monoisotopic (exact) mass is 306 g/mol. The normalized spacial score (nSPS) is 15.1. The number of nitrogens with zero attached hydrogens (tertiary/aromatic N) is 2. The molecular weight excluding hydrogens is 280 g/mol. The van der Waals surface area contributed by atoms with E-state index in [9.17, 15) is 4.79 Å². The van der Waals surface area contributed by atoms with Crippen LogP contribution in [0.5, 0.6) is 5.75 Å². The number of benzene rings is 1. The molecule has 0 unspecified atom stereocenters. The molecule has 1 fully saturated rings. The van der Waals surface area contributed by atoms with Crippen molar-refractivity contribution in [1.29, 1.82) is 0 Å². The highest BCUT2D eigenvalue weighted by atomic mass is 16.5. The minimum Gasteiger partial charge on any atom is -0.484 e. The summed E-state index contributed by atoms with van der Waals surface area (Å²) in [6.07, 6.45) is 0. The molecule has 1 aromatic rings. The van der Waals surface area contributed by atoms with E-state index in [1.807, 2.05) is 18.2 Å². The van der Waals surface area contributed by atoms with Gasteiger partial charge in [-0.25, -0.2) is 0 Å². The van der Waals surface area contributed by atoms with Crippen LogP contribution in [0.2, 0.25) is 0 Å². The smallest absolute Gasteiger partial charge is 0.260 e. The molecule has 0 saturated carbocycles. The molecule has 0 bridgehead atoms. The maximum atomic E-state index is 12.1. The average molecular weight is 306 g/mol. The predicted molar refractivity (Wildman–Crippen MR) is 86.0 cm³/mol. The lowest BCUT2D eigenvalue weighted by Crippen LogP contribution is -2.42. The van der Waals surface area contributed by atoms with Crippen molar-refractivity contribution >= 4 is 5.91 Å². The SMILES string of the molecule is CCN(CC)Cc1cccc(OCC(=O)N2CCOCC2)c1. The lowest BCUT2D eigenvalue weighted by atomic mass is 10.2. The van der Waals surface area contributed by atoms with E-state index in [1.165, 1.54) is 5.56 Å². The molecule has 0 atom stereocenters. The molecule has 0 aliphatic carbocycles. The van der Waals surface area contributed by atoms with E-state index in [2.05, 4.69) is 24.8 Å². The minimum atomic E-state index is 0.0254. The number of ether oxygens (including phenoxy) is 2. The maximum Gasteiger partial charge on any atom is 0.260 e. The van der Waals surface area contributed by atoms with Crippen LogP contribution in [-0.2, 0) is 16.1 Å². The minimum absolute atomic E-state index is 0.0254. The summed E-state index contributed by atoms with van der Waals surface area (Å²) in [6, 6.07) is 7.99. The van der Waals surface area contributed by atoms with E-state index in [4.69, 9.17) is 9.47 Å². The van der Waals surface area contributed by atoms with Crippen molar-refractivity contribution < 1.29 is 14.3 Å². The molecule has 1 heterocycles. The highest BCUT2D eigenvalue weighted by Crippen LogP contribution is 2.15. The zero-order chi connectivity index (χ0) is 15.8. The van der Waals surface area contributed by atoms with Gasteiger partial charge < -0.3 is 14.4 Å². The zero-order valence-corrected chi connectivity index (χ0v) is 13.6. The summed E-state index contributed by atoms with van der Waals surface area (Å²) in [5.41, 5.74) is 1.21. The fraction of sp³-hybridized carbons (Fsp3) is 0.588. The van der Waals surface area contributed by atoms with Crippen LogP contribution < -0.4 is 4.74 Å². The molecule has 5 heteroatoms. The van der Waals surface area contributed by atoms with Gasteiger partial charge >= 0.3 is 0 Å². The molecule has 2 rings (SSSR count). The van der Waals surface area contributed by atoms with E-state index in [1.54, 1.807) is 4.90 Å². The quantitative estimate of drug-likeness (QED) is 0.770. The molecule has 1 amide bonds. The van der Waals surface area contributed by atoms with Gasteiger partial charge in [0.1, 0.15) is 5.75 Å². The molecule has 0 aromatic heterocycles. The van der Waals surface area contributed by atoms with Crippen molar-refractivity contribution in [2.75, 3.05) is 46.0 Å². The van der Waals surface area contributed by atoms with Gasteiger partial charge in [-0.2, -0.15) is 0 Å². The van der Waals surface area contributed by atoms with Gasteiger partial charge in [0, 0.05) is 19.6 Å². The molecular formula is C17H26N2O3. The fourth-order valence-electron chi connectivity index (χ4n) is 2.49. The van der Waals surface area contributed by atoms with Crippen molar-refractivity contribution in [1.82, 2.24) is 9.80 Å². The van der Waals surface area contributed by atoms with Crippen LogP contribution in [-0.4, -0.2) is 61.7 Å². The first-order chi connectivity index (χ1) is 10.7. The van der Waals surface area contributed by atoms with Crippen molar-refractivity contribution in [2.24, 2.45) is 0 Å². The Morgan fingerprint density at radius 1 is 1.27 bits per heavy atom. The van der Waals surface area contributed by atoms with Crippen LogP contribution in [0, 0.1) is 0 Å². The topological polar surface area (TPSA) is 42.0 Å². The van der Waals surface area contributed by atoms with Gasteiger partial charge in [0.05, 0.1) is 13.2 Å². The summed E-state index contributed by atoms with van der Waals surface area (Å²) in [5, 5.41) is 0. The van der Waals surface area contributed by atoms with Crippen molar-refractivity contribution in [3.63, 3.8) is 0 Å². The Labute approximate surface area is 132 Å². The average Bonchev–Trinajstić information content (AvgIpc) is 2.58. The standard InChI is InChI=1S/C17H26N2O3/c1-3-18(4-2)13-15-6-5-7-16(12-15)22-14-17(20)19-8-10-21-11-9-19/h5-7,12H,3-4,8-11,13-14H2,1-2H3. The Kier molecular flexibility index (Phi) is 6.68.